The SMILES string of the molecule is COc1ccc(C)c(OC)c1C(N)CO. The third-order valence-corrected chi connectivity index (χ3v) is 2.34. The van der Waals surface area contributed by atoms with Crippen LogP contribution in [0.2, 0.25) is 0 Å². The lowest BCUT2D eigenvalue weighted by molar-refractivity contribution is 0.260. The molecule has 0 saturated carbocycles. The summed E-state index contributed by atoms with van der Waals surface area (Å²) in [6, 6.07) is 3.23. The molecule has 0 aliphatic rings. The molecule has 1 atom stereocenters. The highest BCUT2D eigenvalue weighted by molar-refractivity contribution is 5.51. The van der Waals surface area contributed by atoms with Gasteiger partial charge in [0.2, 0.25) is 0 Å². The van der Waals surface area contributed by atoms with E-state index < -0.39 is 6.04 Å². The molecule has 3 N–H and O–H groups in total. The van der Waals surface area contributed by atoms with E-state index in [1.807, 2.05) is 19.1 Å². The summed E-state index contributed by atoms with van der Waals surface area (Å²) in [4.78, 5) is 0. The van der Waals surface area contributed by atoms with Gasteiger partial charge in [-0.3, -0.25) is 0 Å². The van der Waals surface area contributed by atoms with E-state index in [4.69, 9.17) is 20.3 Å². The van der Waals surface area contributed by atoms with Crippen LogP contribution in [0.15, 0.2) is 12.1 Å². The molecule has 0 bridgehead atoms. The van der Waals surface area contributed by atoms with Gasteiger partial charge in [0.05, 0.1) is 32.4 Å². The third kappa shape index (κ3) is 2.22. The molecule has 0 heterocycles. The average molecular weight is 211 g/mol. The van der Waals surface area contributed by atoms with Crippen molar-refractivity contribution in [2.75, 3.05) is 20.8 Å². The van der Waals surface area contributed by atoms with E-state index in [-0.39, 0.29) is 6.61 Å². The molecule has 4 nitrogen and oxygen atoms in total. The molecule has 0 saturated heterocycles. The number of aliphatic hydroxyl groups excluding tert-OH is 1. The lowest BCUT2D eigenvalue weighted by atomic mass is 10.0. The smallest absolute Gasteiger partial charge is 0.130 e. The Hall–Kier alpha value is -1.26. The van der Waals surface area contributed by atoms with Crippen molar-refractivity contribution in [3.8, 4) is 11.5 Å². The normalized spacial score (nSPS) is 12.3. The molecule has 1 aromatic carbocycles. The zero-order chi connectivity index (χ0) is 11.4. The third-order valence-electron chi connectivity index (χ3n) is 2.34. The van der Waals surface area contributed by atoms with E-state index in [0.29, 0.717) is 17.1 Å². The molecule has 1 unspecified atom stereocenters. The Labute approximate surface area is 89.6 Å². The van der Waals surface area contributed by atoms with Crippen molar-refractivity contribution in [3.05, 3.63) is 23.3 Å². The summed E-state index contributed by atoms with van der Waals surface area (Å²) < 4.78 is 10.5. The largest absolute Gasteiger partial charge is 0.496 e. The standard InChI is InChI=1S/C11H17NO3/c1-7-4-5-9(14-2)10(8(12)6-13)11(7)15-3/h4-5,8,13H,6,12H2,1-3H3. The summed E-state index contributed by atoms with van der Waals surface area (Å²) in [7, 11) is 3.15. The predicted molar refractivity (Wildman–Crippen MR) is 58.3 cm³/mol. The maximum atomic E-state index is 9.08. The van der Waals surface area contributed by atoms with Gasteiger partial charge in [0.15, 0.2) is 0 Å². The van der Waals surface area contributed by atoms with Crippen LogP contribution in [0, 0.1) is 6.92 Å². The second-order valence-electron chi connectivity index (χ2n) is 3.32. The van der Waals surface area contributed by atoms with Crippen molar-refractivity contribution < 1.29 is 14.6 Å². The quantitative estimate of drug-likeness (QED) is 0.780. The Morgan fingerprint density at radius 2 is 2.00 bits per heavy atom. The number of methoxy groups -OCH3 is 2. The van der Waals surface area contributed by atoms with Gasteiger partial charge in [-0.05, 0) is 18.6 Å². The van der Waals surface area contributed by atoms with Crippen molar-refractivity contribution in [1.82, 2.24) is 0 Å². The molecule has 1 aromatic rings. The number of nitrogens with two attached hydrogens (primary N) is 1. The maximum absolute atomic E-state index is 9.08. The van der Waals surface area contributed by atoms with Crippen molar-refractivity contribution >= 4 is 0 Å². The first kappa shape index (κ1) is 11.8. The summed E-state index contributed by atoms with van der Waals surface area (Å²) >= 11 is 0. The van der Waals surface area contributed by atoms with Crippen molar-refractivity contribution in [2.24, 2.45) is 5.73 Å². The number of hydrogen-bond acceptors (Lipinski definition) is 4. The molecule has 0 fully saturated rings. The van der Waals surface area contributed by atoms with Crippen LogP contribution < -0.4 is 15.2 Å². The summed E-state index contributed by atoms with van der Waals surface area (Å²) in [6.45, 7) is 1.78. The first-order valence-corrected chi connectivity index (χ1v) is 4.73. The fraction of sp³-hybridized carbons (Fsp3) is 0.455. The number of aryl methyl sites for hydroxylation is 1. The number of hydrogen-bond donors (Lipinski definition) is 2. The lowest BCUT2D eigenvalue weighted by Gasteiger charge is -2.18. The Morgan fingerprint density at radius 3 is 2.47 bits per heavy atom. The van der Waals surface area contributed by atoms with Crippen LogP contribution in [0.1, 0.15) is 17.2 Å². The molecule has 1 rings (SSSR count). The molecule has 84 valence electrons. The molecular formula is C11H17NO3. The van der Waals surface area contributed by atoms with Crippen LogP contribution in [-0.2, 0) is 0 Å². The summed E-state index contributed by atoms with van der Waals surface area (Å²) in [6.07, 6.45) is 0. The summed E-state index contributed by atoms with van der Waals surface area (Å²) in [5.41, 5.74) is 7.49. The molecule has 0 amide bonds. The van der Waals surface area contributed by atoms with Gasteiger partial charge in [0, 0.05) is 0 Å². The maximum Gasteiger partial charge on any atom is 0.130 e. The monoisotopic (exact) mass is 211 g/mol. The number of aliphatic hydroxyl groups is 1. The molecule has 0 aliphatic heterocycles. The molecule has 0 spiro atoms. The first-order chi connectivity index (χ1) is 7.15. The zero-order valence-corrected chi connectivity index (χ0v) is 9.28. The van der Waals surface area contributed by atoms with E-state index in [2.05, 4.69) is 0 Å². The molecule has 0 aliphatic carbocycles. The molecule has 0 radical (unpaired) electrons. The number of rotatable bonds is 4. The van der Waals surface area contributed by atoms with Crippen molar-refractivity contribution in [3.63, 3.8) is 0 Å². The van der Waals surface area contributed by atoms with Gasteiger partial charge in [-0.2, -0.15) is 0 Å². The van der Waals surface area contributed by atoms with Crippen LogP contribution in [0.25, 0.3) is 0 Å². The zero-order valence-electron chi connectivity index (χ0n) is 9.28. The van der Waals surface area contributed by atoms with Gasteiger partial charge in [0.25, 0.3) is 0 Å². The van der Waals surface area contributed by atoms with Gasteiger partial charge in [0.1, 0.15) is 11.5 Å². The van der Waals surface area contributed by atoms with Crippen molar-refractivity contribution in [2.45, 2.75) is 13.0 Å². The Kier molecular flexibility index (Phi) is 3.94. The molecule has 4 heteroatoms. The first-order valence-electron chi connectivity index (χ1n) is 4.73. The highest BCUT2D eigenvalue weighted by Gasteiger charge is 2.18. The highest BCUT2D eigenvalue weighted by Crippen LogP contribution is 2.35. The van der Waals surface area contributed by atoms with E-state index in [1.165, 1.54) is 0 Å². The van der Waals surface area contributed by atoms with Crippen LogP contribution in [0.5, 0.6) is 11.5 Å². The topological polar surface area (TPSA) is 64.7 Å². The van der Waals surface area contributed by atoms with E-state index in [0.717, 1.165) is 5.56 Å². The number of ether oxygens (including phenoxy) is 2. The average Bonchev–Trinajstić information content (AvgIpc) is 2.27. The van der Waals surface area contributed by atoms with Crippen LogP contribution in [-0.4, -0.2) is 25.9 Å². The second-order valence-corrected chi connectivity index (χ2v) is 3.32. The second kappa shape index (κ2) is 5.00. The van der Waals surface area contributed by atoms with Gasteiger partial charge in [-0.1, -0.05) is 6.07 Å². The van der Waals surface area contributed by atoms with Crippen molar-refractivity contribution in [1.29, 1.82) is 0 Å². The van der Waals surface area contributed by atoms with E-state index in [1.54, 1.807) is 14.2 Å². The van der Waals surface area contributed by atoms with Crippen LogP contribution in [0.4, 0.5) is 0 Å². The Balaban J connectivity index is 3.33. The minimum absolute atomic E-state index is 0.143. The van der Waals surface area contributed by atoms with E-state index in [9.17, 15) is 0 Å². The number of benzene rings is 1. The Morgan fingerprint density at radius 1 is 1.33 bits per heavy atom. The summed E-state index contributed by atoms with van der Waals surface area (Å²) in [5, 5.41) is 9.08. The molecule has 0 aromatic heterocycles. The van der Waals surface area contributed by atoms with Gasteiger partial charge < -0.3 is 20.3 Å². The fourth-order valence-electron chi connectivity index (χ4n) is 1.58. The molecule has 15 heavy (non-hydrogen) atoms. The van der Waals surface area contributed by atoms with Crippen LogP contribution in [0.3, 0.4) is 0 Å². The van der Waals surface area contributed by atoms with E-state index >= 15 is 0 Å². The minimum Gasteiger partial charge on any atom is -0.496 e. The van der Waals surface area contributed by atoms with Gasteiger partial charge in [-0.25, -0.2) is 0 Å². The Bertz CT molecular complexity index is 339. The summed E-state index contributed by atoms with van der Waals surface area (Å²) in [5.74, 6) is 1.31. The van der Waals surface area contributed by atoms with Gasteiger partial charge in [-0.15, -0.1) is 0 Å². The highest BCUT2D eigenvalue weighted by atomic mass is 16.5. The predicted octanol–water partition coefficient (Wildman–Crippen LogP) is 1.00. The molecular weight excluding hydrogens is 194 g/mol. The van der Waals surface area contributed by atoms with Gasteiger partial charge >= 0.3 is 0 Å². The lowest BCUT2D eigenvalue weighted by Crippen LogP contribution is -2.17. The fourth-order valence-corrected chi connectivity index (χ4v) is 1.58. The van der Waals surface area contributed by atoms with Crippen LogP contribution >= 0.6 is 0 Å². The minimum atomic E-state index is -0.491.